The molecule has 0 saturated heterocycles. The van der Waals surface area contributed by atoms with Crippen molar-refractivity contribution in [1.29, 1.82) is 0 Å². The van der Waals surface area contributed by atoms with Crippen LogP contribution >= 0.6 is 0 Å². The molecule has 0 saturated carbocycles. The van der Waals surface area contributed by atoms with Gasteiger partial charge in [-0.3, -0.25) is 14.4 Å². The van der Waals surface area contributed by atoms with Crippen molar-refractivity contribution in [3.8, 4) is 0 Å². The smallest absolute Gasteiger partial charge is 0.327 e. The number of hydrogen-bond donors (Lipinski definition) is 3. The van der Waals surface area contributed by atoms with E-state index < -0.39 is 36.9 Å². The monoisotopic (exact) mass is 190 g/mol. The summed E-state index contributed by atoms with van der Waals surface area (Å²) in [4.78, 5) is 31.3. The largest absolute Gasteiger partial charge is 0.480 e. The molecule has 0 bridgehead atoms. The molecule has 0 aromatic rings. The van der Waals surface area contributed by atoms with Crippen LogP contribution < -0.4 is 11.5 Å². The summed E-state index contributed by atoms with van der Waals surface area (Å²) in [6, 6.07) is -1.36. The van der Waals surface area contributed by atoms with Gasteiger partial charge in [-0.15, -0.1) is 0 Å². The first kappa shape index (κ1) is 11.5. The van der Waals surface area contributed by atoms with Crippen LogP contribution in [0.5, 0.6) is 0 Å². The zero-order chi connectivity index (χ0) is 10.4. The Bertz CT molecular complexity index is 227. The maximum Gasteiger partial charge on any atom is 0.327 e. The number of nitrogens with two attached hydrogens (primary N) is 2. The molecule has 0 unspecified atom stereocenters. The minimum Gasteiger partial charge on any atom is -0.480 e. The van der Waals surface area contributed by atoms with E-state index in [0.29, 0.717) is 0 Å². The van der Waals surface area contributed by atoms with Crippen LogP contribution in [0.3, 0.4) is 0 Å². The third-order valence-corrected chi connectivity index (χ3v) is 1.10. The van der Waals surface area contributed by atoms with E-state index in [1.165, 1.54) is 0 Å². The Balaban J connectivity index is 3.88. The van der Waals surface area contributed by atoms with Gasteiger partial charge < -0.3 is 21.3 Å². The van der Waals surface area contributed by atoms with Crippen molar-refractivity contribution in [3.63, 3.8) is 0 Å². The Labute approximate surface area is 73.6 Å². The van der Waals surface area contributed by atoms with Gasteiger partial charge in [0, 0.05) is 0 Å². The van der Waals surface area contributed by atoms with Crippen LogP contribution in [0.25, 0.3) is 0 Å². The van der Waals surface area contributed by atoms with Crippen LogP contribution in [0.4, 0.5) is 0 Å². The lowest BCUT2D eigenvalue weighted by Crippen LogP contribution is -2.34. The maximum absolute atomic E-state index is 10.7. The summed E-state index contributed by atoms with van der Waals surface area (Å²) in [6.07, 6.45) is -0.554. The van der Waals surface area contributed by atoms with Gasteiger partial charge in [0.2, 0.25) is 0 Å². The second kappa shape index (κ2) is 5.22. The molecule has 0 aliphatic carbocycles. The molecular formula is C6H10N2O5. The average Bonchev–Trinajstić information content (AvgIpc) is 2.03. The first-order valence-electron chi connectivity index (χ1n) is 3.39. The Morgan fingerprint density at radius 1 is 1.31 bits per heavy atom. The minimum atomic E-state index is -1.36. The predicted molar refractivity (Wildman–Crippen MR) is 40.4 cm³/mol. The van der Waals surface area contributed by atoms with Gasteiger partial charge in [0.15, 0.2) is 0 Å². The average molecular weight is 190 g/mol. The highest BCUT2D eigenvalue weighted by atomic mass is 16.6. The number of rotatable bonds is 4. The molecule has 5 N–H and O–H groups in total. The zero-order valence-corrected chi connectivity index (χ0v) is 6.73. The van der Waals surface area contributed by atoms with E-state index in [4.69, 9.17) is 16.6 Å². The topological polar surface area (TPSA) is 133 Å². The van der Waals surface area contributed by atoms with Crippen molar-refractivity contribution in [2.75, 3.05) is 6.54 Å². The Hall–Kier alpha value is -1.47. The van der Waals surface area contributed by atoms with Gasteiger partial charge in [-0.2, -0.15) is 0 Å². The number of ether oxygens (including phenoxy) is 1. The summed E-state index contributed by atoms with van der Waals surface area (Å²) in [5.74, 6) is -3.25. The number of carboxylic acid groups (broad SMARTS) is 1. The molecule has 7 heteroatoms. The molecule has 0 heterocycles. The highest BCUT2D eigenvalue weighted by molar-refractivity contribution is 5.89. The van der Waals surface area contributed by atoms with Gasteiger partial charge in [-0.1, -0.05) is 0 Å². The van der Waals surface area contributed by atoms with Crippen LogP contribution in [-0.4, -0.2) is 35.6 Å². The van der Waals surface area contributed by atoms with Gasteiger partial charge in [0.25, 0.3) is 0 Å². The van der Waals surface area contributed by atoms with Crippen molar-refractivity contribution in [2.45, 2.75) is 12.5 Å². The molecule has 0 aromatic carbocycles. The summed E-state index contributed by atoms with van der Waals surface area (Å²) in [5.41, 5.74) is 9.83. The van der Waals surface area contributed by atoms with Crippen LogP contribution in [0.1, 0.15) is 6.42 Å². The molecule has 0 aliphatic rings. The fourth-order valence-corrected chi connectivity index (χ4v) is 0.477. The fraction of sp³-hybridized carbons (Fsp3) is 0.500. The third kappa shape index (κ3) is 4.88. The fourth-order valence-electron chi connectivity index (χ4n) is 0.477. The molecule has 0 fully saturated rings. The standard InChI is InChI=1S/C6H10N2O5/c7-2-5(10)13-4(9)1-3(8)6(11)12/h3H,1-2,7-8H2,(H,11,12)/t3-/m0/s1. The zero-order valence-electron chi connectivity index (χ0n) is 6.73. The molecule has 0 aromatic heterocycles. The summed E-state index contributed by atoms with van der Waals surface area (Å²) in [5, 5.41) is 8.28. The van der Waals surface area contributed by atoms with Crippen LogP contribution in [0.2, 0.25) is 0 Å². The van der Waals surface area contributed by atoms with Crippen LogP contribution in [0.15, 0.2) is 0 Å². The van der Waals surface area contributed by atoms with Gasteiger partial charge in [-0.05, 0) is 0 Å². The van der Waals surface area contributed by atoms with E-state index in [1.807, 2.05) is 0 Å². The molecule has 0 aliphatic heterocycles. The minimum absolute atomic E-state index is 0.436. The van der Waals surface area contributed by atoms with Gasteiger partial charge in [0.05, 0.1) is 13.0 Å². The van der Waals surface area contributed by atoms with E-state index in [1.54, 1.807) is 0 Å². The molecule has 13 heavy (non-hydrogen) atoms. The lowest BCUT2D eigenvalue weighted by atomic mass is 10.2. The summed E-state index contributed by atoms with van der Waals surface area (Å²) in [7, 11) is 0. The molecule has 1 atom stereocenters. The number of carbonyl (C=O) groups is 3. The Morgan fingerprint density at radius 3 is 2.23 bits per heavy atom. The van der Waals surface area contributed by atoms with Crippen LogP contribution in [-0.2, 0) is 19.1 Å². The second-order valence-corrected chi connectivity index (χ2v) is 2.20. The Morgan fingerprint density at radius 2 is 1.85 bits per heavy atom. The van der Waals surface area contributed by atoms with Crippen molar-refractivity contribution >= 4 is 17.9 Å². The summed E-state index contributed by atoms with van der Waals surface area (Å²) in [6.45, 7) is -0.436. The van der Waals surface area contributed by atoms with Crippen LogP contribution in [0, 0.1) is 0 Å². The highest BCUT2D eigenvalue weighted by Gasteiger charge is 2.18. The Kier molecular flexibility index (Phi) is 4.63. The normalized spacial score (nSPS) is 11.8. The van der Waals surface area contributed by atoms with Crippen molar-refractivity contribution in [1.82, 2.24) is 0 Å². The van der Waals surface area contributed by atoms with Gasteiger partial charge in [0.1, 0.15) is 6.04 Å². The predicted octanol–water partition coefficient (Wildman–Crippen LogP) is -2.18. The van der Waals surface area contributed by atoms with E-state index in [0.717, 1.165) is 0 Å². The molecule has 74 valence electrons. The number of carbonyl (C=O) groups excluding carboxylic acids is 2. The van der Waals surface area contributed by atoms with E-state index >= 15 is 0 Å². The van der Waals surface area contributed by atoms with Crippen molar-refractivity contribution in [2.24, 2.45) is 11.5 Å². The quantitative estimate of drug-likeness (QED) is 0.339. The second-order valence-electron chi connectivity index (χ2n) is 2.20. The van der Waals surface area contributed by atoms with E-state index in [2.05, 4.69) is 4.74 Å². The van der Waals surface area contributed by atoms with E-state index in [-0.39, 0.29) is 0 Å². The maximum atomic E-state index is 10.7. The first-order chi connectivity index (χ1) is 5.97. The highest BCUT2D eigenvalue weighted by Crippen LogP contribution is 1.92. The molecule has 0 spiro atoms. The molecule has 7 nitrogen and oxygen atoms in total. The number of carboxylic acids is 1. The van der Waals surface area contributed by atoms with E-state index in [9.17, 15) is 14.4 Å². The molecule has 0 radical (unpaired) electrons. The molecule has 0 amide bonds. The SMILES string of the molecule is NCC(=O)OC(=O)C[C@H](N)C(=O)O. The molecule has 0 rings (SSSR count). The van der Waals surface area contributed by atoms with Gasteiger partial charge in [-0.25, -0.2) is 0 Å². The lowest BCUT2D eigenvalue weighted by molar-refractivity contribution is -0.160. The first-order valence-corrected chi connectivity index (χ1v) is 3.39. The van der Waals surface area contributed by atoms with Crippen molar-refractivity contribution < 1.29 is 24.2 Å². The molecular weight excluding hydrogens is 180 g/mol. The number of esters is 2. The third-order valence-electron chi connectivity index (χ3n) is 1.10. The number of hydrogen-bond acceptors (Lipinski definition) is 6. The van der Waals surface area contributed by atoms with Gasteiger partial charge >= 0.3 is 17.9 Å². The lowest BCUT2D eigenvalue weighted by Gasteiger charge is -2.04. The summed E-state index contributed by atoms with van der Waals surface area (Å²) >= 11 is 0. The summed E-state index contributed by atoms with van der Waals surface area (Å²) < 4.78 is 4.07. The van der Waals surface area contributed by atoms with Crippen molar-refractivity contribution in [3.05, 3.63) is 0 Å². The number of aliphatic carboxylic acids is 1.